The Balaban J connectivity index is 1.75. The fourth-order valence-corrected chi connectivity index (χ4v) is 3.22. The second-order valence-corrected chi connectivity index (χ2v) is 5.88. The molecule has 0 bridgehead atoms. The van der Waals surface area contributed by atoms with E-state index in [1.54, 1.807) is 12.3 Å². The van der Waals surface area contributed by atoms with E-state index in [0.29, 0.717) is 10.8 Å². The van der Waals surface area contributed by atoms with Crippen LogP contribution in [0.15, 0.2) is 36.5 Å². The number of aromatic nitrogens is 3. The standard InChI is InChI=1S/C16H14ClFN4/c17-10-5-6-12-13(9-10)21-15(20-12)14-4-2-8-22(14)16-11(18)3-1-7-19-16/h1,3,5-7,9,14H,2,4,8H2,(H,20,21). The zero-order valence-electron chi connectivity index (χ0n) is 11.8. The molecule has 1 atom stereocenters. The summed E-state index contributed by atoms with van der Waals surface area (Å²) < 4.78 is 14.0. The molecular formula is C16H14ClFN4. The Labute approximate surface area is 132 Å². The Morgan fingerprint density at radius 2 is 2.23 bits per heavy atom. The van der Waals surface area contributed by atoms with Crippen LogP contribution in [0.25, 0.3) is 11.0 Å². The quantitative estimate of drug-likeness (QED) is 0.774. The van der Waals surface area contributed by atoms with Gasteiger partial charge in [0.05, 0.1) is 17.1 Å². The highest BCUT2D eigenvalue weighted by molar-refractivity contribution is 6.31. The molecule has 6 heteroatoms. The molecule has 0 radical (unpaired) electrons. The van der Waals surface area contributed by atoms with Gasteiger partial charge in [0.15, 0.2) is 11.6 Å². The molecule has 3 heterocycles. The van der Waals surface area contributed by atoms with Crippen LogP contribution >= 0.6 is 11.6 Å². The third-order valence-corrected chi connectivity index (χ3v) is 4.28. The van der Waals surface area contributed by atoms with E-state index in [-0.39, 0.29) is 11.9 Å². The summed E-state index contributed by atoms with van der Waals surface area (Å²) in [5.41, 5.74) is 1.77. The van der Waals surface area contributed by atoms with Crippen LogP contribution in [0.2, 0.25) is 5.02 Å². The summed E-state index contributed by atoms with van der Waals surface area (Å²) in [5.74, 6) is 0.928. The molecule has 1 unspecified atom stereocenters. The smallest absolute Gasteiger partial charge is 0.165 e. The Bertz CT molecular complexity index is 832. The third kappa shape index (κ3) is 2.22. The van der Waals surface area contributed by atoms with Crippen LogP contribution in [-0.2, 0) is 0 Å². The van der Waals surface area contributed by atoms with Crippen molar-refractivity contribution in [3.63, 3.8) is 0 Å². The number of hydrogen-bond donors (Lipinski definition) is 1. The average molecular weight is 317 g/mol. The number of rotatable bonds is 2. The summed E-state index contributed by atoms with van der Waals surface area (Å²) in [6, 6.07) is 8.62. The summed E-state index contributed by atoms with van der Waals surface area (Å²) in [5, 5.41) is 0.668. The van der Waals surface area contributed by atoms with Gasteiger partial charge in [-0.05, 0) is 43.2 Å². The minimum absolute atomic E-state index is 0.00979. The van der Waals surface area contributed by atoms with E-state index in [2.05, 4.69) is 15.0 Å². The topological polar surface area (TPSA) is 44.8 Å². The molecule has 1 fully saturated rings. The highest BCUT2D eigenvalue weighted by Gasteiger charge is 2.31. The number of anilines is 1. The van der Waals surface area contributed by atoms with Gasteiger partial charge in [0, 0.05) is 17.8 Å². The van der Waals surface area contributed by atoms with Crippen molar-refractivity contribution in [3.05, 3.63) is 53.2 Å². The molecular weight excluding hydrogens is 303 g/mol. The fourth-order valence-electron chi connectivity index (χ4n) is 3.05. The lowest BCUT2D eigenvalue weighted by atomic mass is 10.2. The van der Waals surface area contributed by atoms with Crippen molar-refractivity contribution in [1.82, 2.24) is 15.0 Å². The van der Waals surface area contributed by atoms with Crippen molar-refractivity contribution in [3.8, 4) is 0 Å². The zero-order chi connectivity index (χ0) is 15.1. The van der Waals surface area contributed by atoms with Gasteiger partial charge in [-0.25, -0.2) is 14.4 Å². The summed E-state index contributed by atoms with van der Waals surface area (Å²) >= 11 is 6.02. The summed E-state index contributed by atoms with van der Waals surface area (Å²) in [4.78, 5) is 14.1. The number of aromatic amines is 1. The van der Waals surface area contributed by atoms with Crippen LogP contribution < -0.4 is 4.90 Å². The molecule has 1 N–H and O–H groups in total. The van der Waals surface area contributed by atoms with E-state index in [0.717, 1.165) is 36.2 Å². The molecule has 1 aliphatic heterocycles. The van der Waals surface area contributed by atoms with Crippen molar-refractivity contribution in [2.24, 2.45) is 0 Å². The lowest BCUT2D eigenvalue weighted by Gasteiger charge is -2.24. The molecule has 0 aliphatic carbocycles. The van der Waals surface area contributed by atoms with Crippen molar-refractivity contribution in [2.75, 3.05) is 11.4 Å². The van der Waals surface area contributed by atoms with Gasteiger partial charge >= 0.3 is 0 Å². The van der Waals surface area contributed by atoms with Crippen LogP contribution in [0.4, 0.5) is 10.2 Å². The van der Waals surface area contributed by atoms with E-state index < -0.39 is 0 Å². The summed E-state index contributed by atoms with van der Waals surface area (Å²) in [6.45, 7) is 0.774. The van der Waals surface area contributed by atoms with Gasteiger partial charge in [-0.2, -0.15) is 0 Å². The highest BCUT2D eigenvalue weighted by atomic mass is 35.5. The zero-order valence-corrected chi connectivity index (χ0v) is 12.5. The number of H-pyrrole nitrogens is 1. The van der Waals surface area contributed by atoms with Gasteiger partial charge in [0.25, 0.3) is 0 Å². The number of fused-ring (bicyclic) bond motifs is 1. The molecule has 1 aromatic carbocycles. The lowest BCUT2D eigenvalue weighted by molar-refractivity contribution is 0.596. The minimum atomic E-state index is -0.298. The third-order valence-electron chi connectivity index (χ3n) is 4.04. The SMILES string of the molecule is Fc1cccnc1N1CCCC1c1nc2ccc(Cl)cc2[nH]1. The first-order valence-corrected chi connectivity index (χ1v) is 7.62. The van der Waals surface area contributed by atoms with Crippen LogP contribution in [0, 0.1) is 5.82 Å². The summed E-state index contributed by atoms with van der Waals surface area (Å²) in [7, 11) is 0. The average Bonchev–Trinajstić information content (AvgIpc) is 3.13. The van der Waals surface area contributed by atoms with Gasteiger partial charge < -0.3 is 9.88 Å². The van der Waals surface area contributed by atoms with Gasteiger partial charge in [-0.3, -0.25) is 0 Å². The molecule has 1 saturated heterocycles. The molecule has 3 aromatic rings. The Morgan fingerprint density at radius 3 is 3.09 bits per heavy atom. The van der Waals surface area contributed by atoms with Gasteiger partial charge in [-0.15, -0.1) is 0 Å². The fraction of sp³-hybridized carbons (Fsp3) is 0.250. The molecule has 4 rings (SSSR count). The van der Waals surface area contributed by atoms with Crippen LogP contribution in [0.1, 0.15) is 24.7 Å². The second kappa shape index (κ2) is 5.25. The van der Waals surface area contributed by atoms with Crippen molar-refractivity contribution in [1.29, 1.82) is 0 Å². The highest BCUT2D eigenvalue weighted by Crippen LogP contribution is 2.35. The van der Waals surface area contributed by atoms with Crippen molar-refractivity contribution >= 4 is 28.5 Å². The number of nitrogens with zero attached hydrogens (tertiary/aromatic N) is 3. The summed E-state index contributed by atoms with van der Waals surface area (Å²) in [6.07, 6.45) is 3.52. The molecule has 2 aromatic heterocycles. The predicted octanol–water partition coefficient (Wildman–Crippen LogP) is 4.09. The molecule has 112 valence electrons. The Kier molecular flexibility index (Phi) is 3.22. The van der Waals surface area contributed by atoms with Crippen LogP contribution in [-0.4, -0.2) is 21.5 Å². The normalized spacial score (nSPS) is 18.3. The van der Waals surface area contributed by atoms with Gasteiger partial charge in [0.1, 0.15) is 5.82 Å². The van der Waals surface area contributed by atoms with Crippen molar-refractivity contribution < 1.29 is 4.39 Å². The maximum absolute atomic E-state index is 14.0. The van der Waals surface area contributed by atoms with E-state index in [4.69, 9.17) is 11.6 Å². The number of pyridine rings is 1. The van der Waals surface area contributed by atoms with Crippen molar-refractivity contribution in [2.45, 2.75) is 18.9 Å². The van der Waals surface area contributed by atoms with E-state index in [1.165, 1.54) is 6.07 Å². The molecule has 1 aliphatic rings. The molecule has 0 spiro atoms. The number of halogens is 2. The van der Waals surface area contributed by atoms with Gasteiger partial charge in [-0.1, -0.05) is 11.6 Å². The molecule has 4 nitrogen and oxygen atoms in total. The maximum atomic E-state index is 14.0. The molecule has 0 amide bonds. The van der Waals surface area contributed by atoms with Crippen LogP contribution in [0.3, 0.4) is 0 Å². The first-order valence-electron chi connectivity index (χ1n) is 7.25. The minimum Gasteiger partial charge on any atom is -0.344 e. The first kappa shape index (κ1) is 13.5. The Morgan fingerprint density at radius 1 is 1.32 bits per heavy atom. The monoisotopic (exact) mass is 316 g/mol. The second-order valence-electron chi connectivity index (χ2n) is 5.44. The maximum Gasteiger partial charge on any atom is 0.165 e. The lowest BCUT2D eigenvalue weighted by Crippen LogP contribution is -2.25. The number of imidazole rings is 1. The number of nitrogens with one attached hydrogen (secondary N) is 1. The van der Waals surface area contributed by atoms with E-state index in [9.17, 15) is 4.39 Å². The van der Waals surface area contributed by atoms with Gasteiger partial charge in [0.2, 0.25) is 0 Å². The number of hydrogen-bond acceptors (Lipinski definition) is 3. The first-order chi connectivity index (χ1) is 10.7. The predicted molar refractivity (Wildman–Crippen MR) is 84.6 cm³/mol. The van der Waals surface area contributed by atoms with E-state index >= 15 is 0 Å². The molecule has 0 saturated carbocycles. The van der Waals surface area contributed by atoms with Crippen LogP contribution in [0.5, 0.6) is 0 Å². The largest absolute Gasteiger partial charge is 0.344 e. The number of benzene rings is 1. The Hall–Kier alpha value is -2.14. The molecule has 22 heavy (non-hydrogen) atoms. The van der Waals surface area contributed by atoms with E-state index in [1.807, 2.05) is 23.1 Å².